The van der Waals surface area contributed by atoms with Crippen LogP contribution in [-0.4, -0.2) is 17.9 Å². The van der Waals surface area contributed by atoms with Gasteiger partial charge in [0.15, 0.2) is 0 Å². The Labute approximate surface area is 115 Å². The average Bonchev–Trinajstić information content (AvgIpc) is 2.47. The van der Waals surface area contributed by atoms with Crippen molar-refractivity contribution in [3.05, 3.63) is 64.2 Å². The maximum Gasteiger partial charge on any atom is 0.292 e. The van der Waals surface area contributed by atoms with Crippen LogP contribution in [0.5, 0.6) is 5.75 Å². The van der Waals surface area contributed by atoms with Gasteiger partial charge < -0.3 is 10.1 Å². The van der Waals surface area contributed by atoms with E-state index in [0.717, 1.165) is 0 Å². The van der Waals surface area contributed by atoms with Crippen molar-refractivity contribution in [2.45, 2.75) is 0 Å². The molecule has 0 saturated heterocycles. The molecule has 0 spiro atoms. The fourth-order valence-corrected chi connectivity index (χ4v) is 1.68. The molecule has 0 saturated carbocycles. The Balaban J connectivity index is 2.21. The Morgan fingerprint density at radius 3 is 2.40 bits per heavy atom. The molecule has 0 fully saturated rings. The van der Waals surface area contributed by atoms with Crippen molar-refractivity contribution in [3.63, 3.8) is 0 Å². The van der Waals surface area contributed by atoms with Gasteiger partial charge in [0, 0.05) is 11.6 Å². The lowest BCUT2D eigenvalue weighted by molar-refractivity contribution is -0.383. The zero-order valence-electron chi connectivity index (χ0n) is 10.7. The summed E-state index contributed by atoms with van der Waals surface area (Å²) in [5.74, 6) is 0.217. The molecule has 1 amide bonds. The lowest BCUT2D eigenvalue weighted by Gasteiger charge is -2.06. The van der Waals surface area contributed by atoms with Gasteiger partial charge in [-0.05, 0) is 30.3 Å². The molecule has 2 rings (SSSR count). The Kier molecular flexibility index (Phi) is 3.95. The Morgan fingerprint density at radius 2 is 1.80 bits per heavy atom. The second-order valence-corrected chi connectivity index (χ2v) is 3.96. The first-order valence-electron chi connectivity index (χ1n) is 5.80. The number of carbonyl (C=O) groups excluding carboxylic acids is 1. The van der Waals surface area contributed by atoms with E-state index in [2.05, 4.69) is 5.32 Å². The van der Waals surface area contributed by atoms with Gasteiger partial charge in [-0.1, -0.05) is 12.1 Å². The van der Waals surface area contributed by atoms with Crippen molar-refractivity contribution in [1.82, 2.24) is 0 Å². The standard InChI is InChI=1S/C14H12N2O4/c1-20-11-8-6-10(7-9-11)14(17)15-12-4-2-3-5-13(12)16(18)19/h2-9H,1H3,(H,15,17). The molecule has 102 valence electrons. The van der Waals surface area contributed by atoms with Crippen molar-refractivity contribution in [3.8, 4) is 5.75 Å². The second kappa shape index (κ2) is 5.83. The summed E-state index contributed by atoms with van der Waals surface area (Å²) < 4.78 is 5.00. The summed E-state index contributed by atoms with van der Waals surface area (Å²) in [4.78, 5) is 22.3. The zero-order valence-corrected chi connectivity index (χ0v) is 10.7. The first kappa shape index (κ1) is 13.5. The van der Waals surface area contributed by atoms with E-state index < -0.39 is 10.8 Å². The smallest absolute Gasteiger partial charge is 0.292 e. The molecular formula is C14H12N2O4. The number of methoxy groups -OCH3 is 1. The minimum atomic E-state index is -0.538. The van der Waals surface area contributed by atoms with Gasteiger partial charge in [-0.15, -0.1) is 0 Å². The number of nitrogens with one attached hydrogen (secondary N) is 1. The summed E-state index contributed by atoms with van der Waals surface area (Å²) in [6.07, 6.45) is 0. The van der Waals surface area contributed by atoms with Crippen LogP contribution in [0.1, 0.15) is 10.4 Å². The SMILES string of the molecule is COc1ccc(C(=O)Nc2ccccc2[N+](=O)[O-])cc1. The molecule has 0 bridgehead atoms. The highest BCUT2D eigenvalue weighted by molar-refractivity contribution is 6.05. The minimum Gasteiger partial charge on any atom is -0.497 e. The number of ether oxygens (including phenoxy) is 1. The van der Waals surface area contributed by atoms with Gasteiger partial charge in [0.2, 0.25) is 0 Å². The number of hydrogen-bond donors (Lipinski definition) is 1. The lowest BCUT2D eigenvalue weighted by atomic mass is 10.2. The monoisotopic (exact) mass is 272 g/mol. The van der Waals surface area contributed by atoms with Gasteiger partial charge in [0.25, 0.3) is 11.6 Å². The van der Waals surface area contributed by atoms with Crippen LogP contribution < -0.4 is 10.1 Å². The van der Waals surface area contributed by atoms with Crippen LogP contribution in [-0.2, 0) is 0 Å². The maximum atomic E-state index is 12.0. The van der Waals surface area contributed by atoms with Crippen LogP contribution in [0.2, 0.25) is 0 Å². The summed E-state index contributed by atoms with van der Waals surface area (Å²) in [5, 5.41) is 13.4. The number of hydrogen-bond acceptors (Lipinski definition) is 4. The third kappa shape index (κ3) is 2.92. The van der Waals surface area contributed by atoms with E-state index in [9.17, 15) is 14.9 Å². The molecule has 0 aliphatic carbocycles. The minimum absolute atomic E-state index is 0.144. The molecule has 0 aliphatic rings. The van der Waals surface area contributed by atoms with Gasteiger partial charge in [-0.25, -0.2) is 0 Å². The number of para-hydroxylation sites is 2. The molecule has 0 heterocycles. The highest BCUT2D eigenvalue weighted by Gasteiger charge is 2.15. The largest absolute Gasteiger partial charge is 0.497 e. The fraction of sp³-hybridized carbons (Fsp3) is 0.0714. The number of benzene rings is 2. The van der Waals surface area contributed by atoms with Gasteiger partial charge >= 0.3 is 0 Å². The molecule has 0 aliphatic heterocycles. The molecule has 2 aromatic rings. The van der Waals surface area contributed by atoms with E-state index in [1.54, 1.807) is 36.4 Å². The Hall–Kier alpha value is -2.89. The molecule has 0 aromatic heterocycles. The van der Waals surface area contributed by atoms with Gasteiger partial charge in [0.05, 0.1) is 12.0 Å². The van der Waals surface area contributed by atoms with Gasteiger partial charge in [-0.3, -0.25) is 14.9 Å². The maximum absolute atomic E-state index is 12.0. The molecule has 2 aromatic carbocycles. The van der Waals surface area contributed by atoms with E-state index in [-0.39, 0.29) is 11.4 Å². The van der Waals surface area contributed by atoms with Gasteiger partial charge in [-0.2, -0.15) is 0 Å². The average molecular weight is 272 g/mol. The van der Waals surface area contributed by atoms with Crippen LogP contribution in [0, 0.1) is 10.1 Å². The highest BCUT2D eigenvalue weighted by atomic mass is 16.6. The van der Waals surface area contributed by atoms with Crippen molar-refractivity contribution < 1.29 is 14.5 Å². The number of carbonyl (C=O) groups is 1. The second-order valence-electron chi connectivity index (χ2n) is 3.96. The van der Waals surface area contributed by atoms with Crippen molar-refractivity contribution in [2.75, 3.05) is 12.4 Å². The summed E-state index contributed by atoms with van der Waals surface area (Å²) >= 11 is 0. The summed E-state index contributed by atoms with van der Waals surface area (Å²) in [7, 11) is 1.53. The van der Waals surface area contributed by atoms with E-state index in [4.69, 9.17) is 4.74 Å². The molecule has 6 heteroatoms. The van der Waals surface area contributed by atoms with Crippen molar-refractivity contribution in [1.29, 1.82) is 0 Å². The summed E-state index contributed by atoms with van der Waals surface area (Å²) in [6, 6.07) is 12.5. The molecule has 1 N–H and O–H groups in total. The van der Waals surface area contributed by atoms with Crippen LogP contribution in [0.3, 0.4) is 0 Å². The number of nitrogens with zero attached hydrogens (tertiary/aromatic N) is 1. The predicted octanol–water partition coefficient (Wildman–Crippen LogP) is 2.86. The van der Waals surface area contributed by atoms with Crippen molar-refractivity contribution >= 4 is 17.3 Å². The molecule has 20 heavy (non-hydrogen) atoms. The summed E-state index contributed by atoms with van der Waals surface area (Å²) in [6.45, 7) is 0. The first-order chi connectivity index (χ1) is 9.61. The number of nitro benzene ring substituents is 1. The van der Waals surface area contributed by atoms with Gasteiger partial charge in [0.1, 0.15) is 11.4 Å². The predicted molar refractivity (Wildman–Crippen MR) is 74.0 cm³/mol. The summed E-state index contributed by atoms with van der Waals surface area (Å²) in [5.41, 5.74) is 0.414. The van der Waals surface area contributed by atoms with E-state index in [1.807, 2.05) is 0 Å². The number of nitro groups is 1. The topological polar surface area (TPSA) is 81.5 Å². The third-order valence-corrected chi connectivity index (χ3v) is 2.70. The van der Waals surface area contributed by atoms with Crippen LogP contribution >= 0.6 is 0 Å². The molecule has 0 atom stereocenters. The van der Waals surface area contributed by atoms with E-state index in [0.29, 0.717) is 11.3 Å². The molecule has 6 nitrogen and oxygen atoms in total. The van der Waals surface area contributed by atoms with E-state index >= 15 is 0 Å². The molecular weight excluding hydrogens is 260 g/mol. The fourth-order valence-electron chi connectivity index (χ4n) is 1.68. The number of rotatable bonds is 4. The van der Waals surface area contributed by atoms with Crippen LogP contribution in [0.15, 0.2) is 48.5 Å². The molecule has 0 unspecified atom stereocenters. The number of amides is 1. The van der Waals surface area contributed by atoms with Crippen molar-refractivity contribution in [2.24, 2.45) is 0 Å². The first-order valence-corrected chi connectivity index (χ1v) is 5.80. The molecule has 0 radical (unpaired) electrons. The Morgan fingerprint density at radius 1 is 1.15 bits per heavy atom. The van der Waals surface area contributed by atoms with E-state index in [1.165, 1.54) is 19.2 Å². The number of anilines is 1. The van der Waals surface area contributed by atoms with Crippen LogP contribution in [0.4, 0.5) is 11.4 Å². The van der Waals surface area contributed by atoms with Crippen LogP contribution in [0.25, 0.3) is 0 Å². The highest BCUT2D eigenvalue weighted by Crippen LogP contribution is 2.24. The third-order valence-electron chi connectivity index (χ3n) is 2.70. The Bertz CT molecular complexity index is 638. The zero-order chi connectivity index (χ0) is 14.5. The normalized spacial score (nSPS) is 9.85. The lowest BCUT2D eigenvalue weighted by Crippen LogP contribution is -2.12. The quantitative estimate of drug-likeness (QED) is 0.685.